The van der Waals surface area contributed by atoms with Crippen LogP contribution in [0.25, 0.3) is 0 Å². The number of aliphatic hydroxyl groups excluding tert-OH is 1. The number of anilines is 1. The maximum atomic E-state index is 9.21. The van der Waals surface area contributed by atoms with E-state index in [-0.39, 0.29) is 12.4 Å². The number of hydrogen-bond donors (Lipinski definition) is 3. The second-order valence-electron chi connectivity index (χ2n) is 4.74. The zero-order chi connectivity index (χ0) is 13.1. The minimum Gasteiger partial charge on any atom is -0.395 e. The van der Waals surface area contributed by atoms with Crippen LogP contribution in [0.1, 0.15) is 30.5 Å². The van der Waals surface area contributed by atoms with Crippen LogP contribution in [0.15, 0.2) is 12.1 Å². The van der Waals surface area contributed by atoms with E-state index in [0.29, 0.717) is 18.2 Å². The lowest BCUT2D eigenvalue weighted by Gasteiger charge is -2.39. The van der Waals surface area contributed by atoms with Gasteiger partial charge in [-0.15, -0.1) is 0 Å². The fourth-order valence-electron chi connectivity index (χ4n) is 2.24. The van der Waals surface area contributed by atoms with Crippen molar-refractivity contribution in [3.8, 4) is 0 Å². The van der Waals surface area contributed by atoms with Crippen molar-refractivity contribution in [1.82, 2.24) is 4.98 Å². The third kappa shape index (κ3) is 2.46. The lowest BCUT2D eigenvalue weighted by atomic mass is 9.91. The molecule has 1 aromatic heterocycles. The van der Waals surface area contributed by atoms with E-state index in [9.17, 15) is 5.11 Å². The van der Waals surface area contributed by atoms with Crippen LogP contribution in [0, 0.1) is 12.3 Å². The number of nitrogens with two attached hydrogens (primary N) is 1. The standard InChI is InChI=1S/C13H20N4O/c1-9-5-6-11(12(14)15)13(16-9)17(7-8-18)10-3-2-4-10/h5-6,10,18H,2-4,7-8H2,1H3,(H3,14,15). The molecule has 0 unspecified atom stereocenters. The molecule has 0 amide bonds. The number of hydrogen-bond acceptors (Lipinski definition) is 4. The number of aliphatic hydroxyl groups is 1. The van der Waals surface area contributed by atoms with Gasteiger partial charge in [-0.3, -0.25) is 5.41 Å². The lowest BCUT2D eigenvalue weighted by molar-refractivity contribution is 0.283. The van der Waals surface area contributed by atoms with Gasteiger partial charge in [0.25, 0.3) is 0 Å². The van der Waals surface area contributed by atoms with Crippen molar-refractivity contribution in [3.63, 3.8) is 0 Å². The number of nitrogens with one attached hydrogen (secondary N) is 1. The van der Waals surface area contributed by atoms with E-state index in [1.165, 1.54) is 6.42 Å². The first kappa shape index (κ1) is 12.8. The molecule has 1 fully saturated rings. The molecule has 1 heterocycles. The van der Waals surface area contributed by atoms with E-state index < -0.39 is 0 Å². The number of nitrogen functional groups attached to an aromatic ring is 1. The fraction of sp³-hybridized carbons (Fsp3) is 0.538. The maximum absolute atomic E-state index is 9.21. The molecule has 0 saturated heterocycles. The average Bonchev–Trinajstić information content (AvgIpc) is 2.25. The quantitative estimate of drug-likeness (QED) is 0.536. The summed E-state index contributed by atoms with van der Waals surface area (Å²) in [6, 6.07) is 4.12. The van der Waals surface area contributed by atoms with Gasteiger partial charge in [0.05, 0.1) is 12.2 Å². The minimum absolute atomic E-state index is 0.0276. The highest BCUT2D eigenvalue weighted by atomic mass is 16.3. The molecule has 98 valence electrons. The number of amidine groups is 1. The highest BCUT2D eigenvalue weighted by Gasteiger charge is 2.27. The van der Waals surface area contributed by atoms with Gasteiger partial charge in [-0.1, -0.05) is 0 Å². The fourth-order valence-corrected chi connectivity index (χ4v) is 2.24. The molecule has 18 heavy (non-hydrogen) atoms. The third-order valence-corrected chi connectivity index (χ3v) is 3.43. The average molecular weight is 248 g/mol. The van der Waals surface area contributed by atoms with E-state index in [2.05, 4.69) is 9.88 Å². The van der Waals surface area contributed by atoms with Crippen molar-refractivity contribution in [2.75, 3.05) is 18.1 Å². The number of aromatic nitrogens is 1. The molecule has 0 aromatic carbocycles. The van der Waals surface area contributed by atoms with Crippen LogP contribution in [0.2, 0.25) is 0 Å². The van der Waals surface area contributed by atoms with Crippen LogP contribution in [-0.2, 0) is 0 Å². The van der Waals surface area contributed by atoms with Gasteiger partial charge in [-0.25, -0.2) is 4.98 Å². The molecule has 0 radical (unpaired) electrons. The molecule has 1 aliphatic rings. The van der Waals surface area contributed by atoms with E-state index >= 15 is 0 Å². The zero-order valence-electron chi connectivity index (χ0n) is 10.7. The molecule has 0 bridgehead atoms. The lowest BCUT2D eigenvalue weighted by Crippen LogP contribution is -2.43. The van der Waals surface area contributed by atoms with Gasteiger partial charge in [0.15, 0.2) is 0 Å². The maximum Gasteiger partial charge on any atom is 0.140 e. The van der Waals surface area contributed by atoms with Crippen LogP contribution in [0.3, 0.4) is 0 Å². The van der Waals surface area contributed by atoms with E-state index in [1.54, 1.807) is 0 Å². The van der Waals surface area contributed by atoms with Crippen molar-refractivity contribution < 1.29 is 5.11 Å². The van der Waals surface area contributed by atoms with Crippen LogP contribution < -0.4 is 10.6 Å². The van der Waals surface area contributed by atoms with Crippen LogP contribution >= 0.6 is 0 Å². The SMILES string of the molecule is Cc1ccc(C(=N)N)c(N(CCO)C2CCC2)n1. The summed E-state index contributed by atoms with van der Waals surface area (Å²) >= 11 is 0. The first-order valence-corrected chi connectivity index (χ1v) is 6.33. The molecule has 0 aliphatic heterocycles. The monoisotopic (exact) mass is 248 g/mol. The highest BCUT2D eigenvalue weighted by molar-refractivity contribution is 5.99. The van der Waals surface area contributed by atoms with Crippen molar-refractivity contribution in [3.05, 3.63) is 23.4 Å². The first-order valence-electron chi connectivity index (χ1n) is 6.33. The smallest absolute Gasteiger partial charge is 0.140 e. The third-order valence-electron chi connectivity index (χ3n) is 3.43. The summed E-state index contributed by atoms with van der Waals surface area (Å²) in [5.74, 6) is 0.765. The second-order valence-corrected chi connectivity index (χ2v) is 4.74. The van der Waals surface area contributed by atoms with E-state index in [4.69, 9.17) is 11.1 Å². The molecule has 2 rings (SSSR count). The Kier molecular flexibility index (Phi) is 3.81. The topological polar surface area (TPSA) is 86.2 Å². The summed E-state index contributed by atoms with van der Waals surface area (Å²) in [7, 11) is 0. The van der Waals surface area contributed by atoms with E-state index in [0.717, 1.165) is 24.4 Å². The van der Waals surface area contributed by atoms with Gasteiger partial charge < -0.3 is 15.7 Å². The van der Waals surface area contributed by atoms with E-state index in [1.807, 2.05) is 19.1 Å². The Bertz CT molecular complexity index is 443. The molecule has 1 aliphatic carbocycles. The molecule has 5 heteroatoms. The molecular formula is C13H20N4O. The Balaban J connectivity index is 2.37. The van der Waals surface area contributed by atoms with Crippen LogP contribution in [0.5, 0.6) is 0 Å². The van der Waals surface area contributed by atoms with Gasteiger partial charge in [0.1, 0.15) is 11.7 Å². The Labute approximate surface area is 107 Å². The summed E-state index contributed by atoms with van der Waals surface area (Å²) in [6.07, 6.45) is 3.45. The van der Waals surface area contributed by atoms with Crippen LogP contribution in [0.4, 0.5) is 5.82 Å². The zero-order valence-corrected chi connectivity index (χ0v) is 10.7. The van der Waals surface area contributed by atoms with Crippen molar-refractivity contribution in [1.29, 1.82) is 5.41 Å². The minimum atomic E-state index is 0.0276. The molecular weight excluding hydrogens is 228 g/mol. The summed E-state index contributed by atoms with van der Waals surface area (Å²) in [6.45, 7) is 2.55. The Morgan fingerprint density at radius 2 is 2.28 bits per heavy atom. The summed E-state index contributed by atoms with van der Waals surface area (Å²) in [4.78, 5) is 6.60. The number of nitrogens with zero attached hydrogens (tertiary/aromatic N) is 2. The summed E-state index contributed by atoms with van der Waals surface area (Å²) in [5, 5.41) is 16.8. The molecule has 5 nitrogen and oxygen atoms in total. The predicted molar refractivity (Wildman–Crippen MR) is 72.1 cm³/mol. The number of aryl methyl sites for hydroxylation is 1. The largest absolute Gasteiger partial charge is 0.395 e. The van der Waals surface area contributed by atoms with Crippen molar-refractivity contribution in [2.45, 2.75) is 32.2 Å². The van der Waals surface area contributed by atoms with Gasteiger partial charge in [-0.05, 0) is 38.3 Å². The normalized spacial score (nSPS) is 15.2. The van der Waals surface area contributed by atoms with Crippen LogP contribution in [-0.4, -0.2) is 35.1 Å². The molecule has 0 atom stereocenters. The predicted octanol–water partition coefficient (Wildman–Crippen LogP) is 1.03. The molecule has 1 saturated carbocycles. The molecule has 4 N–H and O–H groups in total. The van der Waals surface area contributed by atoms with Gasteiger partial charge in [0, 0.05) is 18.3 Å². The number of rotatable bonds is 5. The van der Waals surface area contributed by atoms with Gasteiger partial charge in [0.2, 0.25) is 0 Å². The summed E-state index contributed by atoms with van der Waals surface area (Å²) < 4.78 is 0. The number of pyridine rings is 1. The second kappa shape index (κ2) is 5.35. The van der Waals surface area contributed by atoms with Crippen molar-refractivity contribution >= 4 is 11.7 Å². The summed E-state index contributed by atoms with van der Waals surface area (Å²) in [5.41, 5.74) is 7.17. The Morgan fingerprint density at radius 1 is 1.56 bits per heavy atom. The van der Waals surface area contributed by atoms with Gasteiger partial charge >= 0.3 is 0 Å². The Morgan fingerprint density at radius 3 is 2.78 bits per heavy atom. The Hall–Kier alpha value is -1.62. The van der Waals surface area contributed by atoms with Gasteiger partial charge in [-0.2, -0.15) is 0 Å². The molecule has 0 spiro atoms. The van der Waals surface area contributed by atoms with Crippen molar-refractivity contribution in [2.24, 2.45) is 5.73 Å². The highest BCUT2D eigenvalue weighted by Crippen LogP contribution is 2.30. The first-order chi connectivity index (χ1) is 8.63. The molecule has 1 aromatic rings.